The van der Waals surface area contributed by atoms with Gasteiger partial charge in [0.05, 0.1) is 18.7 Å². The predicted molar refractivity (Wildman–Crippen MR) is 285 cm³/mol. The Bertz CT molecular complexity index is 4020. The van der Waals surface area contributed by atoms with Crippen molar-refractivity contribution in [3.05, 3.63) is 192 Å². The summed E-state index contributed by atoms with van der Waals surface area (Å²) in [6.07, 6.45) is 0.954. The highest BCUT2D eigenvalue weighted by atomic mass is 32.1. The van der Waals surface area contributed by atoms with Crippen molar-refractivity contribution in [1.82, 2.24) is 15.0 Å². The van der Waals surface area contributed by atoms with E-state index in [0.29, 0.717) is 23.0 Å². The van der Waals surface area contributed by atoms with Gasteiger partial charge in [0.15, 0.2) is 17.5 Å². The molecule has 6 heteroatoms. The van der Waals surface area contributed by atoms with E-state index in [1.54, 1.807) is 18.4 Å². The van der Waals surface area contributed by atoms with Crippen LogP contribution in [-0.2, 0) is 11.8 Å². The maximum absolute atomic E-state index is 9.78. The molecule has 328 valence electrons. The molecular weight excluding hydrogens is 861 g/mol. The van der Waals surface area contributed by atoms with Gasteiger partial charge in [-0.05, 0) is 110 Å². The van der Waals surface area contributed by atoms with Crippen molar-refractivity contribution in [2.45, 2.75) is 39.5 Å². The molecule has 0 radical (unpaired) electrons. The van der Waals surface area contributed by atoms with Crippen molar-refractivity contribution in [2.24, 2.45) is 0 Å². The summed E-state index contributed by atoms with van der Waals surface area (Å²) in [5.74, 6) is 2.75. The number of hydrogen-bond donors (Lipinski definition) is 0. The minimum absolute atomic E-state index is 0.161. The lowest BCUT2D eigenvalue weighted by Gasteiger charge is -2.21. The van der Waals surface area contributed by atoms with Gasteiger partial charge in [-0.2, -0.15) is 5.26 Å². The molecule has 0 saturated heterocycles. The molecule has 2 aromatic heterocycles. The van der Waals surface area contributed by atoms with Crippen LogP contribution in [0.15, 0.2) is 164 Å². The fraction of sp³-hybridized carbons (Fsp3) is 0.111. The predicted octanol–water partition coefficient (Wildman–Crippen LogP) is 16.4. The van der Waals surface area contributed by atoms with Crippen LogP contribution >= 0.6 is 11.3 Å². The normalized spacial score (nSPS) is 12.9. The van der Waals surface area contributed by atoms with E-state index in [9.17, 15) is 5.26 Å². The minimum Gasteiger partial charge on any atom is -0.496 e. The first-order chi connectivity index (χ1) is 33.7. The van der Waals surface area contributed by atoms with Gasteiger partial charge >= 0.3 is 0 Å². The Morgan fingerprint density at radius 1 is 0.522 bits per heavy atom. The molecule has 0 atom stereocenters. The first kappa shape index (κ1) is 41.0. The van der Waals surface area contributed by atoms with Gasteiger partial charge in [0, 0.05) is 53.2 Å². The lowest BCUT2D eigenvalue weighted by molar-refractivity contribution is 0.417. The van der Waals surface area contributed by atoms with Crippen LogP contribution in [-0.4, -0.2) is 22.1 Å². The molecule has 0 unspecified atom stereocenters. The molecule has 0 fully saturated rings. The topological polar surface area (TPSA) is 71.7 Å². The van der Waals surface area contributed by atoms with Crippen molar-refractivity contribution in [1.29, 1.82) is 5.26 Å². The third-order valence-corrected chi connectivity index (χ3v) is 15.8. The third-order valence-electron chi connectivity index (χ3n) is 14.7. The van der Waals surface area contributed by atoms with E-state index in [2.05, 4.69) is 185 Å². The Morgan fingerprint density at radius 2 is 1.16 bits per heavy atom. The molecular formula is C63H44N4OS. The summed E-state index contributed by atoms with van der Waals surface area (Å²) in [7, 11) is 1.78. The van der Waals surface area contributed by atoms with Crippen molar-refractivity contribution >= 4 is 42.3 Å². The highest BCUT2D eigenvalue weighted by molar-refractivity contribution is 7.26. The average molecular weight is 905 g/mol. The molecule has 2 aliphatic rings. The molecule has 2 heterocycles. The molecule has 0 amide bonds. The quantitative estimate of drug-likeness (QED) is 0.159. The molecule has 2 aliphatic carbocycles. The number of thiophene rings is 1. The molecule has 0 saturated carbocycles. The number of ether oxygens (including phenoxy) is 1. The number of nitrogens with zero attached hydrogens (tertiary/aromatic N) is 4. The van der Waals surface area contributed by atoms with Gasteiger partial charge in [0.1, 0.15) is 5.75 Å². The summed E-state index contributed by atoms with van der Waals surface area (Å²) < 4.78 is 8.64. The molecule has 13 rings (SSSR count). The molecule has 69 heavy (non-hydrogen) atoms. The van der Waals surface area contributed by atoms with Crippen LogP contribution < -0.4 is 4.74 Å². The number of methoxy groups -OCH3 is 1. The molecule has 9 aromatic carbocycles. The Morgan fingerprint density at radius 3 is 1.91 bits per heavy atom. The fourth-order valence-electron chi connectivity index (χ4n) is 11.2. The number of aromatic nitrogens is 3. The van der Waals surface area contributed by atoms with Crippen molar-refractivity contribution in [3.8, 4) is 102 Å². The second-order valence-electron chi connectivity index (χ2n) is 18.9. The van der Waals surface area contributed by atoms with Crippen molar-refractivity contribution in [3.63, 3.8) is 0 Å². The minimum atomic E-state index is -0.161. The number of hydrogen-bond acceptors (Lipinski definition) is 6. The molecule has 0 spiro atoms. The van der Waals surface area contributed by atoms with Crippen molar-refractivity contribution < 1.29 is 4.74 Å². The monoisotopic (exact) mass is 904 g/mol. The molecule has 0 bridgehead atoms. The average Bonchev–Trinajstić information content (AvgIpc) is 4.01. The zero-order chi connectivity index (χ0) is 46.7. The van der Waals surface area contributed by atoms with Gasteiger partial charge < -0.3 is 4.74 Å². The smallest absolute Gasteiger partial charge is 0.164 e. The Hall–Kier alpha value is -8.24. The molecule has 5 nitrogen and oxygen atoms in total. The van der Waals surface area contributed by atoms with Crippen LogP contribution in [0.3, 0.4) is 0 Å². The van der Waals surface area contributed by atoms with Crippen LogP contribution in [0, 0.1) is 18.3 Å². The fourth-order valence-corrected chi connectivity index (χ4v) is 12.4. The summed E-state index contributed by atoms with van der Waals surface area (Å²) in [5.41, 5.74) is 20.0. The van der Waals surface area contributed by atoms with Gasteiger partial charge in [0.2, 0.25) is 0 Å². The maximum Gasteiger partial charge on any atom is 0.164 e. The van der Waals surface area contributed by atoms with E-state index in [-0.39, 0.29) is 5.41 Å². The van der Waals surface area contributed by atoms with Crippen LogP contribution in [0.4, 0.5) is 0 Å². The summed E-state index contributed by atoms with van der Waals surface area (Å²) in [4.78, 5) is 15.8. The number of rotatable bonds is 7. The van der Waals surface area contributed by atoms with Gasteiger partial charge in [-0.15, -0.1) is 11.3 Å². The largest absolute Gasteiger partial charge is 0.496 e. The lowest BCUT2D eigenvalue weighted by Crippen LogP contribution is -2.14. The van der Waals surface area contributed by atoms with Crippen LogP contribution in [0.2, 0.25) is 0 Å². The maximum atomic E-state index is 9.78. The number of nitriles is 1. The summed E-state index contributed by atoms with van der Waals surface area (Å²) in [6, 6.07) is 61.2. The van der Waals surface area contributed by atoms with Gasteiger partial charge in [-0.1, -0.05) is 166 Å². The van der Waals surface area contributed by atoms with Crippen LogP contribution in [0.25, 0.3) is 121 Å². The zero-order valence-electron chi connectivity index (χ0n) is 38.9. The van der Waals surface area contributed by atoms with Crippen LogP contribution in [0.1, 0.15) is 48.6 Å². The Balaban J connectivity index is 1.02. The second-order valence-corrected chi connectivity index (χ2v) is 20.0. The highest BCUT2D eigenvalue weighted by Gasteiger charge is 2.37. The number of fused-ring (bicyclic) bond motifs is 9. The summed E-state index contributed by atoms with van der Waals surface area (Å²) in [5, 5.41) is 14.5. The van der Waals surface area contributed by atoms with E-state index in [4.69, 9.17) is 19.7 Å². The number of aryl methyl sites for hydroxylation is 2. The Kier molecular flexibility index (Phi) is 9.15. The summed E-state index contributed by atoms with van der Waals surface area (Å²) >= 11 is 1.74. The van der Waals surface area contributed by atoms with Crippen LogP contribution in [0.5, 0.6) is 5.75 Å². The Labute approximate surface area is 405 Å². The molecule has 0 aliphatic heterocycles. The standard InChI is InChI=1S/C63H44N4OS/c1-6-36-18-21-39(22-19-36)60-65-61(67-62(66-60)47-13-9-15-51-55(47)45-11-7-8-14-50(45)63(51,3)4)40-25-23-38(24-26-40)48-33-52(68-5)58-43-27-17-35(2)31-49(43)44-30-29-42(57(48)59(44)58)41-12-10-16-53-56(41)46-28-20-37(34-64)32-54(46)69-53/h7-33H,6H2,1-5H3. The van der Waals surface area contributed by atoms with E-state index in [1.807, 2.05) is 12.1 Å². The van der Waals surface area contributed by atoms with E-state index in [0.717, 1.165) is 66.8 Å². The van der Waals surface area contributed by atoms with E-state index in [1.165, 1.54) is 70.9 Å². The zero-order valence-corrected chi connectivity index (χ0v) is 39.7. The van der Waals surface area contributed by atoms with Gasteiger partial charge in [-0.25, -0.2) is 15.0 Å². The van der Waals surface area contributed by atoms with Gasteiger partial charge in [-0.3, -0.25) is 0 Å². The third kappa shape index (κ3) is 6.17. The SMILES string of the molecule is CCc1ccc(-c2nc(-c3ccc(-c4cc(OC)c5c6c(ccc(-c7cccc8sc9cc(C#N)ccc9c78)c46)-c4cc(C)ccc4-5)cc3)nc(-c3cccc4c3-c3ccccc3C4(C)C)n2)cc1. The first-order valence-corrected chi connectivity index (χ1v) is 24.4. The number of benzene rings is 9. The summed E-state index contributed by atoms with van der Waals surface area (Å²) in [6.45, 7) is 8.94. The van der Waals surface area contributed by atoms with Gasteiger partial charge in [0.25, 0.3) is 0 Å². The van der Waals surface area contributed by atoms with E-state index >= 15 is 0 Å². The second kappa shape index (κ2) is 15.4. The highest BCUT2D eigenvalue weighted by Crippen LogP contribution is 2.57. The lowest BCUT2D eigenvalue weighted by atomic mass is 9.82. The van der Waals surface area contributed by atoms with Crippen molar-refractivity contribution in [2.75, 3.05) is 7.11 Å². The molecule has 0 N–H and O–H groups in total. The first-order valence-electron chi connectivity index (χ1n) is 23.6. The molecule has 11 aromatic rings. The van der Waals surface area contributed by atoms with E-state index < -0.39 is 0 Å².